The number of aliphatic hydroxyl groups is 1. The lowest BCUT2D eigenvalue weighted by Gasteiger charge is -2.31. The Labute approximate surface area is 84.4 Å². The summed E-state index contributed by atoms with van der Waals surface area (Å²) in [5.41, 5.74) is 2.30. The molecule has 0 amide bonds. The van der Waals surface area contributed by atoms with Crippen molar-refractivity contribution in [3.8, 4) is 0 Å². The van der Waals surface area contributed by atoms with Gasteiger partial charge < -0.3 is 10.0 Å². The largest absolute Gasteiger partial charge is 0.391 e. The van der Waals surface area contributed by atoms with Gasteiger partial charge in [0.15, 0.2) is 0 Å². The van der Waals surface area contributed by atoms with Crippen LogP contribution in [0, 0.1) is 6.92 Å². The smallest absolute Gasteiger partial charge is 0.0715 e. The van der Waals surface area contributed by atoms with E-state index >= 15 is 0 Å². The Balaban J connectivity index is 2.14. The van der Waals surface area contributed by atoms with Crippen LogP contribution in [-0.2, 0) is 0 Å². The molecule has 0 bridgehead atoms. The minimum atomic E-state index is -0.177. The molecule has 1 fully saturated rings. The number of aliphatic hydroxyl groups excluding tert-OH is 1. The van der Waals surface area contributed by atoms with Crippen LogP contribution in [0.1, 0.15) is 18.4 Å². The maximum absolute atomic E-state index is 9.55. The molecule has 1 N–H and O–H groups in total. The molecular formula is C11H16N2O. The minimum Gasteiger partial charge on any atom is -0.391 e. The predicted octanol–water partition coefficient (Wildman–Crippen LogP) is 1.35. The van der Waals surface area contributed by atoms with Crippen LogP contribution in [0.3, 0.4) is 0 Å². The molecule has 0 radical (unpaired) electrons. The summed E-state index contributed by atoms with van der Waals surface area (Å²) in [4.78, 5) is 6.36. The van der Waals surface area contributed by atoms with Crippen molar-refractivity contribution >= 4 is 5.69 Å². The van der Waals surface area contributed by atoms with E-state index in [9.17, 15) is 5.11 Å². The summed E-state index contributed by atoms with van der Waals surface area (Å²) in [6.45, 7) is 3.81. The highest BCUT2D eigenvalue weighted by molar-refractivity contribution is 5.46. The van der Waals surface area contributed by atoms with Crippen molar-refractivity contribution in [2.24, 2.45) is 0 Å². The third kappa shape index (κ3) is 2.04. The van der Waals surface area contributed by atoms with Crippen LogP contribution in [0.2, 0.25) is 0 Å². The Morgan fingerprint density at radius 3 is 3.07 bits per heavy atom. The van der Waals surface area contributed by atoms with Gasteiger partial charge in [-0.25, -0.2) is 0 Å². The Morgan fingerprint density at radius 2 is 2.36 bits per heavy atom. The second-order valence-corrected chi connectivity index (χ2v) is 3.96. The standard InChI is InChI=1S/C11H16N2O/c1-9-5-10(7-12-6-9)13-4-2-3-11(14)8-13/h5-7,11,14H,2-4,8H2,1H3. The molecule has 2 heterocycles. The van der Waals surface area contributed by atoms with Gasteiger partial charge >= 0.3 is 0 Å². The van der Waals surface area contributed by atoms with E-state index in [-0.39, 0.29) is 6.10 Å². The van der Waals surface area contributed by atoms with Crippen LogP contribution < -0.4 is 4.90 Å². The highest BCUT2D eigenvalue weighted by atomic mass is 16.3. The second kappa shape index (κ2) is 3.96. The highest BCUT2D eigenvalue weighted by Crippen LogP contribution is 2.19. The summed E-state index contributed by atoms with van der Waals surface area (Å²) in [6, 6.07) is 2.12. The summed E-state index contributed by atoms with van der Waals surface area (Å²) in [5.74, 6) is 0. The molecule has 0 aromatic carbocycles. The van der Waals surface area contributed by atoms with Crippen LogP contribution >= 0.6 is 0 Å². The first-order valence-electron chi connectivity index (χ1n) is 5.10. The SMILES string of the molecule is Cc1cncc(N2CCCC(O)C2)c1. The molecule has 0 aliphatic carbocycles. The fraction of sp³-hybridized carbons (Fsp3) is 0.545. The molecule has 1 aliphatic heterocycles. The zero-order valence-electron chi connectivity index (χ0n) is 8.48. The Hall–Kier alpha value is -1.09. The summed E-state index contributed by atoms with van der Waals surface area (Å²) in [5, 5.41) is 9.55. The third-order valence-corrected chi connectivity index (χ3v) is 2.62. The number of piperidine rings is 1. The summed E-state index contributed by atoms with van der Waals surface area (Å²) < 4.78 is 0. The van der Waals surface area contributed by atoms with Gasteiger partial charge in [-0.1, -0.05) is 0 Å². The molecule has 1 unspecified atom stereocenters. The molecular weight excluding hydrogens is 176 g/mol. The molecule has 1 aliphatic rings. The van der Waals surface area contributed by atoms with Crippen molar-refractivity contribution in [2.75, 3.05) is 18.0 Å². The molecule has 1 aromatic heterocycles. The average Bonchev–Trinajstić information content (AvgIpc) is 2.18. The number of aromatic nitrogens is 1. The van der Waals surface area contributed by atoms with Crippen LogP contribution in [0.25, 0.3) is 0 Å². The minimum absolute atomic E-state index is 0.177. The fourth-order valence-electron chi connectivity index (χ4n) is 1.90. The van der Waals surface area contributed by atoms with E-state index in [1.807, 2.05) is 19.3 Å². The molecule has 1 atom stereocenters. The van der Waals surface area contributed by atoms with E-state index in [0.717, 1.165) is 31.6 Å². The fourth-order valence-corrected chi connectivity index (χ4v) is 1.90. The van der Waals surface area contributed by atoms with Crippen molar-refractivity contribution < 1.29 is 5.11 Å². The molecule has 76 valence electrons. The van der Waals surface area contributed by atoms with Gasteiger partial charge in [-0.3, -0.25) is 4.98 Å². The second-order valence-electron chi connectivity index (χ2n) is 3.96. The van der Waals surface area contributed by atoms with E-state index < -0.39 is 0 Å². The molecule has 0 saturated carbocycles. The number of hydrogen-bond donors (Lipinski definition) is 1. The van der Waals surface area contributed by atoms with E-state index in [1.54, 1.807) is 0 Å². The first kappa shape index (κ1) is 9.46. The van der Waals surface area contributed by atoms with Gasteiger partial charge in [-0.15, -0.1) is 0 Å². The number of nitrogens with zero attached hydrogens (tertiary/aromatic N) is 2. The lowest BCUT2D eigenvalue weighted by atomic mass is 10.1. The Bertz CT molecular complexity index is 314. The monoisotopic (exact) mass is 192 g/mol. The summed E-state index contributed by atoms with van der Waals surface area (Å²) >= 11 is 0. The highest BCUT2D eigenvalue weighted by Gasteiger charge is 2.17. The number of hydrogen-bond acceptors (Lipinski definition) is 3. The van der Waals surface area contributed by atoms with Crippen molar-refractivity contribution in [3.05, 3.63) is 24.0 Å². The lowest BCUT2D eigenvalue weighted by molar-refractivity contribution is 0.154. The van der Waals surface area contributed by atoms with Crippen molar-refractivity contribution in [2.45, 2.75) is 25.9 Å². The first-order chi connectivity index (χ1) is 6.75. The summed E-state index contributed by atoms with van der Waals surface area (Å²) in [6.07, 6.45) is 5.53. The average molecular weight is 192 g/mol. The van der Waals surface area contributed by atoms with Crippen molar-refractivity contribution in [1.82, 2.24) is 4.98 Å². The zero-order chi connectivity index (χ0) is 9.97. The van der Waals surface area contributed by atoms with E-state index in [0.29, 0.717) is 0 Å². The van der Waals surface area contributed by atoms with E-state index in [2.05, 4.69) is 16.0 Å². The number of anilines is 1. The van der Waals surface area contributed by atoms with Crippen LogP contribution in [0.15, 0.2) is 18.5 Å². The van der Waals surface area contributed by atoms with Gasteiger partial charge in [0.05, 0.1) is 18.0 Å². The molecule has 0 spiro atoms. The lowest BCUT2D eigenvalue weighted by Crippen LogP contribution is -2.38. The number of pyridine rings is 1. The van der Waals surface area contributed by atoms with Crippen LogP contribution in [-0.4, -0.2) is 29.3 Å². The van der Waals surface area contributed by atoms with Crippen molar-refractivity contribution in [3.63, 3.8) is 0 Å². The Kier molecular flexibility index (Phi) is 2.68. The summed E-state index contributed by atoms with van der Waals surface area (Å²) in [7, 11) is 0. The molecule has 1 aromatic rings. The van der Waals surface area contributed by atoms with Gasteiger partial charge in [-0.05, 0) is 31.4 Å². The van der Waals surface area contributed by atoms with Gasteiger partial charge in [-0.2, -0.15) is 0 Å². The topological polar surface area (TPSA) is 36.4 Å². The number of aryl methyl sites for hydroxylation is 1. The third-order valence-electron chi connectivity index (χ3n) is 2.62. The molecule has 3 heteroatoms. The van der Waals surface area contributed by atoms with Crippen molar-refractivity contribution in [1.29, 1.82) is 0 Å². The van der Waals surface area contributed by atoms with Gasteiger partial charge in [0.25, 0.3) is 0 Å². The van der Waals surface area contributed by atoms with E-state index in [1.165, 1.54) is 5.56 Å². The first-order valence-corrected chi connectivity index (χ1v) is 5.10. The number of β-amino-alcohol motifs (C(OH)–C–C–N with tert-alkyl or cyclic N) is 1. The maximum Gasteiger partial charge on any atom is 0.0715 e. The zero-order valence-corrected chi connectivity index (χ0v) is 8.48. The molecule has 3 nitrogen and oxygen atoms in total. The maximum atomic E-state index is 9.55. The Morgan fingerprint density at radius 1 is 1.50 bits per heavy atom. The quantitative estimate of drug-likeness (QED) is 0.729. The van der Waals surface area contributed by atoms with E-state index in [4.69, 9.17) is 0 Å². The van der Waals surface area contributed by atoms with Gasteiger partial charge in [0, 0.05) is 19.3 Å². The molecule has 2 rings (SSSR count). The molecule has 1 saturated heterocycles. The van der Waals surface area contributed by atoms with Gasteiger partial charge in [0.2, 0.25) is 0 Å². The van der Waals surface area contributed by atoms with Crippen LogP contribution in [0.5, 0.6) is 0 Å². The van der Waals surface area contributed by atoms with Gasteiger partial charge in [0.1, 0.15) is 0 Å². The predicted molar refractivity (Wildman–Crippen MR) is 56.4 cm³/mol. The van der Waals surface area contributed by atoms with Crippen LogP contribution in [0.4, 0.5) is 5.69 Å². The molecule has 14 heavy (non-hydrogen) atoms. The normalized spacial score (nSPS) is 22.4. The number of rotatable bonds is 1.